The first-order valence-electron chi connectivity index (χ1n) is 10.8. The van der Waals surface area contributed by atoms with E-state index in [0.29, 0.717) is 37.4 Å². The lowest BCUT2D eigenvalue weighted by Crippen LogP contribution is -2.56. The molecule has 2 heterocycles. The topological polar surface area (TPSA) is 96.0 Å². The smallest absolute Gasteiger partial charge is 0.412 e. The van der Waals surface area contributed by atoms with Crippen molar-refractivity contribution in [2.45, 2.75) is 39.6 Å². The van der Waals surface area contributed by atoms with Gasteiger partial charge >= 0.3 is 12.1 Å². The Bertz CT molecular complexity index is 970. The average molecular weight is 460 g/mol. The summed E-state index contributed by atoms with van der Waals surface area (Å²) in [6.45, 7) is 7.06. The molecule has 2 N–H and O–H groups in total. The first-order chi connectivity index (χ1) is 15.8. The van der Waals surface area contributed by atoms with E-state index in [1.54, 1.807) is 38.1 Å². The number of rotatable bonds is 6. The number of nitrogens with zero attached hydrogens (tertiary/aromatic N) is 3. The molecular weight excluding hydrogens is 429 g/mol. The molecule has 0 aliphatic carbocycles. The Morgan fingerprint density at radius 2 is 2.00 bits per heavy atom. The summed E-state index contributed by atoms with van der Waals surface area (Å²) in [6.07, 6.45) is 0.383. The lowest BCUT2D eigenvalue weighted by Gasteiger charge is -2.40. The fourth-order valence-electron chi connectivity index (χ4n) is 3.49. The zero-order valence-electron chi connectivity index (χ0n) is 19.3. The standard InChI is InChI=1S/C23H30FN5O4/c1-15(2)33-23(31)29-11-10-28(14-20(29)32-4)13-17-6-5-7-19(21(17)24)27-22(30)26-18-9-8-16(3)25-12-18/h5-9,12,15,20H,10-11,13-14H2,1-4H3,(H2,26,27,30). The van der Waals surface area contributed by atoms with Crippen molar-refractivity contribution < 1.29 is 23.5 Å². The van der Waals surface area contributed by atoms with Crippen LogP contribution in [-0.2, 0) is 16.0 Å². The molecular formula is C23H30FN5O4. The van der Waals surface area contributed by atoms with Crippen molar-refractivity contribution in [1.29, 1.82) is 0 Å². The summed E-state index contributed by atoms with van der Waals surface area (Å²) in [4.78, 5) is 32.2. The lowest BCUT2D eigenvalue weighted by atomic mass is 10.1. The number of methoxy groups -OCH3 is 1. The molecule has 3 rings (SSSR count). The number of benzene rings is 1. The van der Waals surface area contributed by atoms with Crippen LogP contribution in [-0.4, -0.2) is 66.0 Å². The summed E-state index contributed by atoms with van der Waals surface area (Å²) in [5.74, 6) is -0.509. The highest BCUT2D eigenvalue weighted by molar-refractivity contribution is 5.99. The monoisotopic (exact) mass is 459 g/mol. The highest BCUT2D eigenvalue weighted by Gasteiger charge is 2.32. The number of ether oxygens (including phenoxy) is 2. The maximum Gasteiger partial charge on any atom is 0.412 e. The molecule has 3 amide bonds. The quantitative estimate of drug-likeness (QED) is 0.682. The van der Waals surface area contributed by atoms with Gasteiger partial charge in [-0.1, -0.05) is 12.1 Å². The Hall–Kier alpha value is -3.24. The van der Waals surface area contributed by atoms with Crippen LogP contribution < -0.4 is 10.6 Å². The molecule has 10 heteroatoms. The molecule has 1 fully saturated rings. The zero-order chi connectivity index (χ0) is 24.0. The van der Waals surface area contributed by atoms with E-state index in [0.717, 1.165) is 5.69 Å². The molecule has 1 aromatic carbocycles. The number of aromatic nitrogens is 1. The number of urea groups is 1. The predicted molar refractivity (Wildman–Crippen MR) is 122 cm³/mol. The van der Waals surface area contributed by atoms with E-state index >= 15 is 4.39 Å². The Kier molecular flexibility index (Phi) is 8.18. The average Bonchev–Trinajstić information content (AvgIpc) is 2.77. The molecule has 178 valence electrons. The highest BCUT2D eigenvalue weighted by Crippen LogP contribution is 2.22. The lowest BCUT2D eigenvalue weighted by molar-refractivity contribution is -0.0776. The van der Waals surface area contributed by atoms with Crippen LogP contribution >= 0.6 is 0 Å². The van der Waals surface area contributed by atoms with Gasteiger partial charge < -0.3 is 20.1 Å². The summed E-state index contributed by atoms with van der Waals surface area (Å²) in [5, 5.41) is 5.18. The minimum atomic E-state index is -0.562. The summed E-state index contributed by atoms with van der Waals surface area (Å²) in [7, 11) is 1.52. The van der Waals surface area contributed by atoms with Crippen molar-refractivity contribution in [2.75, 3.05) is 37.4 Å². The van der Waals surface area contributed by atoms with Gasteiger partial charge in [0.1, 0.15) is 6.23 Å². The molecule has 1 atom stereocenters. The minimum absolute atomic E-state index is 0.0764. The molecule has 1 unspecified atom stereocenters. The Balaban J connectivity index is 1.61. The second-order valence-electron chi connectivity index (χ2n) is 8.10. The number of halogens is 1. The second kappa shape index (κ2) is 11.1. The molecule has 1 aliphatic heterocycles. The SMILES string of the molecule is COC1CN(Cc2cccc(NC(=O)Nc3ccc(C)nc3)c2F)CCN1C(=O)OC(C)C. The van der Waals surface area contributed by atoms with E-state index in [1.807, 2.05) is 11.8 Å². The van der Waals surface area contributed by atoms with Crippen molar-refractivity contribution >= 4 is 23.5 Å². The van der Waals surface area contributed by atoms with Gasteiger partial charge in [-0.15, -0.1) is 0 Å². The van der Waals surface area contributed by atoms with E-state index in [9.17, 15) is 9.59 Å². The summed E-state index contributed by atoms with van der Waals surface area (Å²) in [6, 6.07) is 7.79. The van der Waals surface area contributed by atoms with Crippen molar-refractivity contribution in [3.05, 3.63) is 53.6 Å². The zero-order valence-corrected chi connectivity index (χ0v) is 19.3. The molecule has 0 saturated carbocycles. The number of piperazine rings is 1. The number of aryl methyl sites for hydroxylation is 1. The van der Waals surface area contributed by atoms with Gasteiger partial charge in [-0.05, 0) is 39.0 Å². The number of hydrogen-bond acceptors (Lipinski definition) is 6. The molecule has 0 bridgehead atoms. The van der Waals surface area contributed by atoms with Crippen LogP contribution in [0.4, 0.5) is 25.4 Å². The van der Waals surface area contributed by atoms with E-state index in [-0.39, 0.29) is 11.8 Å². The van der Waals surface area contributed by atoms with Crippen LogP contribution in [0.2, 0.25) is 0 Å². The number of amides is 3. The van der Waals surface area contributed by atoms with Crippen LogP contribution in [0.3, 0.4) is 0 Å². The second-order valence-corrected chi connectivity index (χ2v) is 8.10. The Morgan fingerprint density at radius 1 is 1.21 bits per heavy atom. The number of hydrogen-bond donors (Lipinski definition) is 2. The maximum absolute atomic E-state index is 15.1. The van der Waals surface area contributed by atoms with Crippen LogP contribution in [0.25, 0.3) is 0 Å². The Morgan fingerprint density at radius 3 is 2.67 bits per heavy atom. The van der Waals surface area contributed by atoms with E-state index < -0.39 is 24.2 Å². The maximum atomic E-state index is 15.1. The van der Waals surface area contributed by atoms with E-state index in [2.05, 4.69) is 15.6 Å². The normalized spacial score (nSPS) is 16.5. The molecule has 0 radical (unpaired) electrons. The molecule has 1 aliphatic rings. The van der Waals surface area contributed by atoms with Crippen LogP contribution in [0.1, 0.15) is 25.1 Å². The van der Waals surface area contributed by atoms with Crippen molar-refractivity contribution in [3.63, 3.8) is 0 Å². The van der Waals surface area contributed by atoms with Crippen LogP contribution in [0.5, 0.6) is 0 Å². The summed E-state index contributed by atoms with van der Waals surface area (Å²) < 4.78 is 25.8. The fraction of sp³-hybridized carbons (Fsp3) is 0.435. The van der Waals surface area contributed by atoms with Gasteiger partial charge in [-0.2, -0.15) is 0 Å². The minimum Gasteiger partial charge on any atom is -0.447 e. The van der Waals surface area contributed by atoms with Crippen LogP contribution in [0, 0.1) is 12.7 Å². The fourth-order valence-corrected chi connectivity index (χ4v) is 3.49. The summed E-state index contributed by atoms with van der Waals surface area (Å²) >= 11 is 0. The van der Waals surface area contributed by atoms with Gasteiger partial charge in [0.25, 0.3) is 0 Å². The third kappa shape index (κ3) is 6.62. The van der Waals surface area contributed by atoms with Crippen molar-refractivity contribution in [3.8, 4) is 0 Å². The van der Waals surface area contributed by atoms with Gasteiger partial charge in [0.15, 0.2) is 5.82 Å². The third-order valence-corrected chi connectivity index (χ3v) is 5.15. The number of pyridine rings is 1. The van der Waals surface area contributed by atoms with Crippen LogP contribution in [0.15, 0.2) is 36.5 Å². The molecule has 1 saturated heterocycles. The van der Waals surface area contributed by atoms with Gasteiger partial charge in [-0.25, -0.2) is 14.0 Å². The van der Waals surface area contributed by atoms with E-state index in [1.165, 1.54) is 24.3 Å². The van der Waals surface area contributed by atoms with Gasteiger partial charge in [0.2, 0.25) is 0 Å². The van der Waals surface area contributed by atoms with Crippen molar-refractivity contribution in [1.82, 2.24) is 14.8 Å². The number of nitrogens with one attached hydrogen (secondary N) is 2. The Labute approximate surface area is 192 Å². The number of carbonyl (C=O) groups excluding carboxylic acids is 2. The largest absolute Gasteiger partial charge is 0.447 e. The highest BCUT2D eigenvalue weighted by atomic mass is 19.1. The number of anilines is 2. The third-order valence-electron chi connectivity index (χ3n) is 5.15. The first-order valence-corrected chi connectivity index (χ1v) is 10.8. The molecule has 0 spiro atoms. The molecule has 9 nitrogen and oxygen atoms in total. The first kappa shape index (κ1) is 24.4. The number of carbonyl (C=O) groups is 2. The van der Waals surface area contributed by atoms with Crippen molar-refractivity contribution in [2.24, 2.45) is 0 Å². The molecule has 2 aromatic rings. The van der Waals surface area contributed by atoms with Gasteiger partial charge in [-0.3, -0.25) is 14.8 Å². The van der Waals surface area contributed by atoms with E-state index in [4.69, 9.17) is 9.47 Å². The predicted octanol–water partition coefficient (Wildman–Crippen LogP) is 3.81. The van der Waals surface area contributed by atoms with Gasteiger partial charge in [0.05, 0.1) is 23.7 Å². The molecule has 1 aromatic heterocycles. The molecule has 33 heavy (non-hydrogen) atoms. The summed E-state index contributed by atoms with van der Waals surface area (Å²) in [5.41, 5.74) is 1.84. The van der Waals surface area contributed by atoms with Gasteiger partial charge in [0, 0.05) is 44.5 Å².